The van der Waals surface area contributed by atoms with Crippen molar-refractivity contribution in [3.05, 3.63) is 41.9 Å². The normalized spacial score (nSPS) is 20.2. The van der Waals surface area contributed by atoms with Crippen molar-refractivity contribution in [1.82, 2.24) is 23.6 Å². The number of likely N-dealkylation sites (N-methyl/N-ethyl adjacent to an activating group) is 2. The summed E-state index contributed by atoms with van der Waals surface area (Å²) in [5, 5.41) is 10.3. The zero-order chi connectivity index (χ0) is 24.3. The van der Waals surface area contributed by atoms with Gasteiger partial charge in [0, 0.05) is 31.9 Å². The van der Waals surface area contributed by atoms with Crippen LogP contribution in [0.3, 0.4) is 0 Å². The van der Waals surface area contributed by atoms with Crippen LogP contribution in [-0.2, 0) is 16.2 Å². The van der Waals surface area contributed by atoms with Gasteiger partial charge in [0.2, 0.25) is 10.0 Å². The third-order valence-electron chi connectivity index (χ3n) is 5.88. The van der Waals surface area contributed by atoms with Crippen molar-refractivity contribution in [3.63, 3.8) is 0 Å². The highest BCUT2D eigenvalue weighted by atomic mass is 32.2. The van der Waals surface area contributed by atoms with E-state index >= 15 is 0 Å². The Hall–Kier alpha value is -2.74. The second-order valence-corrected chi connectivity index (χ2v) is 10.2. The number of sulfonamides is 1. The van der Waals surface area contributed by atoms with E-state index < -0.39 is 39.9 Å². The summed E-state index contributed by atoms with van der Waals surface area (Å²) in [5.74, 6) is -0.392. The van der Waals surface area contributed by atoms with E-state index in [2.05, 4.69) is 9.97 Å². The van der Waals surface area contributed by atoms with E-state index in [0.717, 1.165) is 14.9 Å². The molecule has 1 fully saturated rings. The number of nitrogens with zero attached hydrogens (tertiary/aromatic N) is 5. The average molecular weight is 485 g/mol. The topological polar surface area (TPSA) is 117 Å². The molecule has 2 atom stereocenters. The molecule has 13 heteroatoms. The monoisotopic (exact) mass is 484 g/mol. The van der Waals surface area contributed by atoms with Crippen LogP contribution in [0.1, 0.15) is 11.3 Å². The Balaban J connectivity index is 1.82. The number of aliphatic hydroxyl groups excluding tert-OH is 1. The van der Waals surface area contributed by atoms with E-state index in [0.29, 0.717) is 24.2 Å². The second-order valence-electron chi connectivity index (χ2n) is 8.20. The first-order valence-corrected chi connectivity index (χ1v) is 11.4. The van der Waals surface area contributed by atoms with Crippen LogP contribution in [0.2, 0.25) is 0 Å². The summed E-state index contributed by atoms with van der Waals surface area (Å²) in [6.07, 6.45) is -3.45. The zero-order valence-electron chi connectivity index (χ0n) is 18.1. The smallest absolute Gasteiger partial charge is 0.390 e. The first-order chi connectivity index (χ1) is 15.3. The first kappa shape index (κ1) is 23.4. The summed E-state index contributed by atoms with van der Waals surface area (Å²) in [6, 6.07) is 3.76. The minimum absolute atomic E-state index is 0.0277. The number of hydrogen-bond acceptors (Lipinski definition) is 7. The van der Waals surface area contributed by atoms with Gasteiger partial charge in [0.25, 0.3) is 0 Å². The largest absolute Gasteiger partial charge is 0.434 e. The van der Waals surface area contributed by atoms with Crippen molar-refractivity contribution in [2.75, 3.05) is 32.9 Å². The number of rotatable bonds is 4. The van der Waals surface area contributed by atoms with Gasteiger partial charge in [-0.2, -0.15) is 17.5 Å². The highest BCUT2D eigenvalue weighted by Gasteiger charge is 2.38. The molecule has 1 aromatic carbocycles. The average Bonchev–Trinajstić information content (AvgIpc) is 3.29. The molecule has 1 aliphatic rings. The molecular formula is C20H23F3N6O3S. The number of halogens is 3. The molecule has 33 heavy (non-hydrogen) atoms. The van der Waals surface area contributed by atoms with Gasteiger partial charge in [0.15, 0.2) is 17.2 Å². The number of alkyl halides is 3. The Morgan fingerprint density at radius 1 is 1.27 bits per heavy atom. The molecule has 3 heterocycles. The summed E-state index contributed by atoms with van der Waals surface area (Å²) in [5.41, 5.74) is 5.77. The molecule has 3 N–H and O–H groups in total. The van der Waals surface area contributed by atoms with Crippen molar-refractivity contribution in [3.8, 4) is 11.3 Å². The number of benzene rings is 1. The van der Waals surface area contributed by atoms with Crippen LogP contribution in [0.5, 0.6) is 0 Å². The molecule has 1 saturated heterocycles. The maximum atomic E-state index is 13.3. The molecular weight excluding hydrogens is 461 g/mol. The lowest BCUT2D eigenvalue weighted by atomic mass is 10.1. The SMILES string of the molecule is Cc1ccc(S(=O)(=O)N(C)[C@H]2CN(C)C[C@@H]2O)cc1-c1cnc2c(N)nc(C(F)(F)F)cn12. The zero-order valence-corrected chi connectivity index (χ0v) is 18.9. The molecule has 1 aliphatic heterocycles. The lowest BCUT2D eigenvalue weighted by molar-refractivity contribution is -0.141. The van der Waals surface area contributed by atoms with Crippen LogP contribution >= 0.6 is 0 Å². The van der Waals surface area contributed by atoms with Crippen LogP contribution < -0.4 is 5.73 Å². The van der Waals surface area contributed by atoms with Gasteiger partial charge in [-0.3, -0.25) is 4.40 Å². The molecule has 4 rings (SSSR count). The summed E-state index contributed by atoms with van der Waals surface area (Å²) in [4.78, 5) is 9.23. The number of β-amino-alcohol motifs (C(OH)–C–C–N with tert-alkyl or cyclic N) is 1. The number of aryl methyl sites for hydroxylation is 1. The van der Waals surface area contributed by atoms with E-state index in [1.165, 1.54) is 25.4 Å². The van der Waals surface area contributed by atoms with Gasteiger partial charge in [-0.15, -0.1) is 0 Å². The number of nitrogens with two attached hydrogens (primary N) is 1. The van der Waals surface area contributed by atoms with Crippen molar-refractivity contribution < 1.29 is 26.7 Å². The third kappa shape index (κ3) is 4.05. The molecule has 0 amide bonds. The Labute approximate surface area is 188 Å². The van der Waals surface area contributed by atoms with Gasteiger partial charge in [-0.1, -0.05) is 6.07 Å². The molecule has 0 saturated carbocycles. The highest BCUT2D eigenvalue weighted by molar-refractivity contribution is 7.89. The molecule has 0 bridgehead atoms. The molecule has 0 radical (unpaired) electrons. The molecule has 0 aliphatic carbocycles. The van der Waals surface area contributed by atoms with Crippen LogP contribution in [0.15, 0.2) is 35.5 Å². The number of anilines is 1. The van der Waals surface area contributed by atoms with Crippen molar-refractivity contribution in [2.45, 2.75) is 30.1 Å². The molecule has 3 aromatic rings. The fourth-order valence-electron chi connectivity index (χ4n) is 4.04. The number of aliphatic hydroxyl groups is 1. The van der Waals surface area contributed by atoms with E-state index in [9.17, 15) is 26.7 Å². The van der Waals surface area contributed by atoms with Crippen molar-refractivity contribution >= 4 is 21.5 Å². The van der Waals surface area contributed by atoms with E-state index in [1.807, 2.05) is 4.90 Å². The number of nitrogen functional groups attached to an aromatic ring is 1. The Morgan fingerprint density at radius 3 is 2.58 bits per heavy atom. The predicted molar refractivity (Wildman–Crippen MR) is 115 cm³/mol. The number of likely N-dealkylation sites (tertiary alicyclic amines) is 1. The van der Waals surface area contributed by atoms with Gasteiger partial charge >= 0.3 is 6.18 Å². The van der Waals surface area contributed by atoms with Crippen LogP contribution in [0, 0.1) is 6.92 Å². The lowest BCUT2D eigenvalue weighted by Crippen LogP contribution is -2.44. The van der Waals surface area contributed by atoms with E-state index in [1.54, 1.807) is 20.0 Å². The molecule has 0 unspecified atom stereocenters. The van der Waals surface area contributed by atoms with E-state index in [4.69, 9.17) is 5.73 Å². The van der Waals surface area contributed by atoms with Crippen LogP contribution in [0.25, 0.3) is 16.9 Å². The number of aromatic nitrogens is 3. The maximum Gasteiger partial charge on any atom is 0.434 e. The molecule has 0 spiro atoms. The fraction of sp³-hybridized carbons (Fsp3) is 0.400. The first-order valence-electron chi connectivity index (χ1n) is 9.97. The van der Waals surface area contributed by atoms with Gasteiger partial charge in [0.1, 0.15) is 0 Å². The number of imidazole rings is 1. The Bertz CT molecular complexity index is 1320. The summed E-state index contributed by atoms with van der Waals surface area (Å²) in [6.45, 7) is 2.43. The van der Waals surface area contributed by atoms with Gasteiger partial charge in [-0.05, 0) is 31.7 Å². The number of hydrogen-bond donors (Lipinski definition) is 2. The molecule has 178 valence electrons. The molecule has 2 aromatic heterocycles. The lowest BCUT2D eigenvalue weighted by Gasteiger charge is -2.26. The summed E-state index contributed by atoms with van der Waals surface area (Å²) < 4.78 is 68.7. The minimum Gasteiger partial charge on any atom is -0.390 e. The summed E-state index contributed by atoms with van der Waals surface area (Å²) >= 11 is 0. The standard InChI is InChI=1S/C20H23F3N6O3S/c1-11-4-5-12(33(31,32)28(3)15-8-27(2)9-16(15)30)6-13(11)14-7-25-19-18(24)26-17(10-29(14)19)20(21,22)23/h4-7,10,15-16,30H,8-9H2,1-3H3,(H2,24,26)/t15-,16-/m0/s1. The minimum atomic E-state index is -4.72. The van der Waals surface area contributed by atoms with Crippen LogP contribution in [0.4, 0.5) is 19.0 Å². The van der Waals surface area contributed by atoms with Gasteiger partial charge in [-0.25, -0.2) is 18.4 Å². The fourth-order valence-corrected chi connectivity index (χ4v) is 5.45. The van der Waals surface area contributed by atoms with Crippen molar-refractivity contribution in [1.29, 1.82) is 0 Å². The highest BCUT2D eigenvalue weighted by Crippen LogP contribution is 2.33. The van der Waals surface area contributed by atoms with Crippen molar-refractivity contribution in [2.24, 2.45) is 0 Å². The molecule has 9 nitrogen and oxygen atoms in total. The summed E-state index contributed by atoms with van der Waals surface area (Å²) in [7, 11) is -0.815. The third-order valence-corrected chi connectivity index (χ3v) is 7.76. The van der Waals surface area contributed by atoms with Gasteiger partial charge < -0.3 is 15.7 Å². The van der Waals surface area contributed by atoms with Gasteiger partial charge in [0.05, 0.1) is 28.9 Å². The predicted octanol–water partition coefficient (Wildman–Crippen LogP) is 1.60. The number of fused-ring (bicyclic) bond motifs is 1. The maximum absolute atomic E-state index is 13.3. The van der Waals surface area contributed by atoms with Crippen LogP contribution in [-0.4, -0.2) is 76.4 Å². The second kappa shape index (κ2) is 7.94. The quantitative estimate of drug-likeness (QED) is 0.578. The Kier molecular flexibility index (Phi) is 5.63. The Morgan fingerprint density at radius 2 is 1.97 bits per heavy atom. The van der Waals surface area contributed by atoms with E-state index in [-0.39, 0.29) is 16.2 Å².